The van der Waals surface area contributed by atoms with Gasteiger partial charge in [0.05, 0.1) is 7.11 Å². The number of pyridine rings is 1. The van der Waals surface area contributed by atoms with Gasteiger partial charge in [-0.15, -0.1) is 0 Å². The maximum atomic E-state index is 12.5. The molecule has 0 fully saturated rings. The molecule has 0 spiro atoms. The number of nitrogens with zero attached hydrogens (tertiary/aromatic N) is 1. The van der Waals surface area contributed by atoms with Gasteiger partial charge < -0.3 is 4.74 Å². The summed E-state index contributed by atoms with van der Waals surface area (Å²) in [6.07, 6.45) is -1.94. The lowest BCUT2D eigenvalue weighted by molar-refractivity contribution is 0.146. The van der Waals surface area contributed by atoms with Gasteiger partial charge in [0.15, 0.2) is 4.90 Å². The van der Waals surface area contributed by atoms with Gasteiger partial charge in [-0.3, -0.25) is 0 Å². The molecular formula is C7H8F2N2O3S. The number of halogens is 2. The summed E-state index contributed by atoms with van der Waals surface area (Å²) in [7, 11) is -3.17. The van der Waals surface area contributed by atoms with Crippen LogP contribution in [0.25, 0.3) is 0 Å². The molecular weight excluding hydrogens is 230 g/mol. The van der Waals surface area contributed by atoms with Crippen LogP contribution in [0.15, 0.2) is 17.2 Å². The van der Waals surface area contributed by atoms with Gasteiger partial charge >= 0.3 is 0 Å². The summed E-state index contributed by atoms with van der Waals surface area (Å²) >= 11 is 0. The third kappa shape index (κ3) is 2.39. The molecule has 0 radical (unpaired) electrons. The fraction of sp³-hybridized carbons (Fsp3) is 0.286. The maximum absolute atomic E-state index is 12.5. The van der Waals surface area contributed by atoms with Crippen LogP contribution < -0.4 is 9.88 Å². The van der Waals surface area contributed by atoms with E-state index in [1.54, 1.807) is 0 Å². The second-order valence-electron chi connectivity index (χ2n) is 2.58. The van der Waals surface area contributed by atoms with E-state index < -0.39 is 32.8 Å². The van der Waals surface area contributed by atoms with E-state index in [1.807, 2.05) is 0 Å². The van der Waals surface area contributed by atoms with Gasteiger partial charge in [-0.1, -0.05) is 0 Å². The second kappa shape index (κ2) is 4.07. The van der Waals surface area contributed by atoms with Crippen LogP contribution in [-0.4, -0.2) is 20.5 Å². The summed E-state index contributed by atoms with van der Waals surface area (Å²) in [4.78, 5) is 2.72. The Morgan fingerprint density at radius 2 is 2.13 bits per heavy atom. The normalized spacial score (nSPS) is 11.8. The van der Waals surface area contributed by atoms with Crippen LogP contribution in [0.5, 0.6) is 5.88 Å². The number of hydrogen-bond donors (Lipinski definition) is 1. The van der Waals surface area contributed by atoms with Gasteiger partial charge in [-0.2, -0.15) is 0 Å². The van der Waals surface area contributed by atoms with Crippen LogP contribution in [0.3, 0.4) is 0 Å². The molecule has 5 nitrogen and oxygen atoms in total. The first-order chi connectivity index (χ1) is 6.88. The molecule has 0 aliphatic rings. The summed E-state index contributed by atoms with van der Waals surface area (Å²) < 4.78 is 51.6. The van der Waals surface area contributed by atoms with E-state index in [2.05, 4.69) is 9.72 Å². The minimum atomic E-state index is -4.29. The first kappa shape index (κ1) is 11.8. The SMILES string of the molecule is COc1nccc(C(F)F)c1S(N)(=O)=O. The number of ether oxygens (including phenoxy) is 1. The quantitative estimate of drug-likeness (QED) is 0.839. The molecule has 0 bridgehead atoms. The highest BCUT2D eigenvalue weighted by molar-refractivity contribution is 7.89. The van der Waals surface area contributed by atoms with Crippen LogP contribution in [0, 0.1) is 0 Å². The van der Waals surface area contributed by atoms with E-state index in [4.69, 9.17) is 5.14 Å². The molecule has 0 aliphatic heterocycles. The van der Waals surface area contributed by atoms with Crippen LogP contribution in [-0.2, 0) is 10.0 Å². The van der Waals surface area contributed by atoms with Crippen molar-refractivity contribution in [3.05, 3.63) is 17.8 Å². The van der Waals surface area contributed by atoms with Crippen molar-refractivity contribution < 1.29 is 21.9 Å². The monoisotopic (exact) mass is 238 g/mol. The van der Waals surface area contributed by atoms with Crippen molar-refractivity contribution in [1.29, 1.82) is 0 Å². The van der Waals surface area contributed by atoms with E-state index in [0.717, 1.165) is 19.4 Å². The molecule has 0 aliphatic carbocycles. The van der Waals surface area contributed by atoms with Gasteiger partial charge in [0.25, 0.3) is 6.43 Å². The number of hydrogen-bond acceptors (Lipinski definition) is 4. The predicted molar refractivity (Wildman–Crippen MR) is 47.1 cm³/mol. The Bertz CT molecular complexity index is 461. The standard InChI is InChI=1S/C7H8F2N2O3S/c1-14-7-5(15(10,12)13)4(6(8)9)2-3-11-7/h2-3,6H,1H3,(H2,10,12,13). The number of methoxy groups -OCH3 is 1. The summed E-state index contributed by atoms with van der Waals surface area (Å²) in [5, 5.41) is 4.79. The summed E-state index contributed by atoms with van der Waals surface area (Å²) in [6.45, 7) is 0. The minimum Gasteiger partial charge on any atom is -0.480 e. The smallest absolute Gasteiger partial charge is 0.265 e. The van der Waals surface area contributed by atoms with Gasteiger partial charge in [0.1, 0.15) is 0 Å². The lowest BCUT2D eigenvalue weighted by atomic mass is 10.3. The van der Waals surface area contributed by atoms with Crippen LogP contribution in [0.4, 0.5) is 8.78 Å². The molecule has 0 saturated heterocycles. The Morgan fingerprint density at radius 1 is 1.53 bits per heavy atom. The number of alkyl halides is 2. The molecule has 8 heteroatoms. The number of rotatable bonds is 3. The minimum absolute atomic E-state index is 0.435. The molecule has 1 aromatic heterocycles. The Labute approximate surface area is 84.9 Å². The zero-order valence-corrected chi connectivity index (χ0v) is 8.46. The average Bonchev–Trinajstić information content (AvgIpc) is 2.15. The molecule has 1 heterocycles. The van der Waals surface area contributed by atoms with E-state index >= 15 is 0 Å². The largest absolute Gasteiger partial charge is 0.480 e. The highest BCUT2D eigenvalue weighted by atomic mass is 32.2. The first-order valence-corrected chi connectivity index (χ1v) is 5.26. The van der Waals surface area contributed by atoms with Crippen molar-refractivity contribution >= 4 is 10.0 Å². The van der Waals surface area contributed by atoms with E-state index in [9.17, 15) is 17.2 Å². The number of nitrogens with two attached hydrogens (primary N) is 1. The van der Waals surface area contributed by atoms with E-state index in [-0.39, 0.29) is 0 Å². The van der Waals surface area contributed by atoms with Crippen molar-refractivity contribution in [1.82, 2.24) is 4.98 Å². The Hall–Kier alpha value is -1.28. The lowest BCUT2D eigenvalue weighted by Crippen LogP contribution is -2.16. The van der Waals surface area contributed by atoms with Gasteiger partial charge in [-0.05, 0) is 6.07 Å². The fourth-order valence-corrected chi connectivity index (χ4v) is 1.91. The third-order valence-electron chi connectivity index (χ3n) is 1.62. The molecule has 0 aromatic carbocycles. The topological polar surface area (TPSA) is 82.3 Å². The fourth-order valence-electron chi connectivity index (χ4n) is 1.05. The van der Waals surface area contributed by atoms with Crippen LogP contribution >= 0.6 is 0 Å². The number of primary sulfonamides is 1. The molecule has 0 amide bonds. The lowest BCUT2D eigenvalue weighted by Gasteiger charge is -2.09. The Kier molecular flexibility index (Phi) is 3.20. The van der Waals surface area contributed by atoms with Crippen molar-refractivity contribution in [2.75, 3.05) is 7.11 Å². The zero-order valence-electron chi connectivity index (χ0n) is 7.65. The van der Waals surface area contributed by atoms with Crippen LogP contribution in [0.2, 0.25) is 0 Å². The van der Waals surface area contributed by atoms with Crippen molar-refractivity contribution in [2.45, 2.75) is 11.3 Å². The average molecular weight is 238 g/mol. The third-order valence-corrected chi connectivity index (χ3v) is 2.59. The summed E-state index contributed by atoms with van der Waals surface area (Å²) in [6, 6.07) is 0.882. The van der Waals surface area contributed by atoms with E-state index in [0.29, 0.717) is 0 Å². The summed E-state index contributed by atoms with van der Waals surface area (Å²) in [5.74, 6) is -0.435. The van der Waals surface area contributed by atoms with Crippen LogP contribution in [0.1, 0.15) is 12.0 Å². The van der Waals surface area contributed by atoms with E-state index in [1.165, 1.54) is 0 Å². The molecule has 15 heavy (non-hydrogen) atoms. The molecule has 1 aromatic rings. The predicted octanol–water partition coefficient (Wildman–Crippen LogP) is 0.675. The number of aromatic nitrogens is 1. The zero-order chi connectivity index (χ0) is 11.6. The highest BCUT2D eigenvalue weighted by Crippen LogP contribution is 2.30. The van der Waals surface area contributed by atoms with Gasteiger partial charge in [0.2, 0.25) is 15.9 Å². The number of sulfonamides is 1. The highest BCUT2D eigenvalue weighted by Gasteiger charge is 2.25. The summed E-state index contributed by atoms with van der Waals surface area (Å²) in [5.41, 5.74) is -0.718. The van der Waals surface area contributed by atoms with Gasteiger partial charge in [-0.25, -0.2) is 27.3 Å². The Balaban J connectivity index is 3.55. The molecule has 0 unspecified atom stereocenters. The van der Waals surface area contributed by atoms with Crippen molar-refractivity contribution in [3.63, 3.8) is 0 Å². The Morgan fingerprint density at radius 3 is 2.53 bits per heavy atom. The van der Waals surface area contributed by atoms with Crippen molar-refractivity contribution in [3.8, 4) is 5.88 Å². The van der Waals surface area contributed by atoms with Crippen molar-refractivity contribution in [2.24, 2.45) is 5.14 Å². The first-order valence-electron chi connectivity index (χ1n) is 3.71. The maximum Gasteiger partial charge on any atom is 0.265 e. The molecule has 0 saturated carbocycles. The van der Waals surface area contributed by atoms with Gasteiger partial charge in [0, 0.05) is 11.8 Å². The molecule has 84 valence electrons. The molecule has 2 N–H and O–H groups in total. The molecule has 1 rings (SSSR count). The molecule has 0 atom stereocenters. The second-order valence-corrected chi connectivity index (χ2v) is 4.08.